The summed E-state index contributed by atoms with van der Waals surface area (Å²) < 4.78 is 6.25. The van der Waals surface area contributed by atoms with Crippen LogP contribution in [0.5, 0.6) is 0 Å². The number of nitrogens with zero attached hydrogens (tertiary/aromatic N) is 3. The summed E-state index contributed by atoms with van der Waals surface area (Å²) in [6.07, 6.45) is 1.74. The fourth-order valence-electron chi connectivity index (χ4n) is 1.41. The van der Waals surface area contributed by atoms with Crippen molar-refractivity contribution in [2.45, 2.75) is 13.0 Å². The van der Waals surface area contributed by atoms with Crippen LogP contribution in [-0.4, -0.2) is 65.3 Å². The van der Waals surface area contributed by atoms with Gasteiger partial charge in [0.15, 0.2) is 5.69 Å². The van der Waals surface area contributed by atoms with Crippen LogP contribution in [0.2, 0.25) is 0 Å². The van der Waals surface area contributed by atoms with Crippen LogP contribution < -0.4 is 10.6 Å². The van der Waals surface area contributed by atoms with E-state index in [0.717, 1.165) is 0 Å². The molecule has 0 saturated heterocycles. The fourth-order valence-corrected chi connectivity index (χ4v) is 1.41. The highest BCUT2D eigenvalue weighted by molar-refractivity contribution is 5.84. The van der Waals surface area contributed by atoms with Crippen molar-refractivity contribution in [2.24, 2.45) is 0 Å². The minimum Gasteiger partial charge on any atom is -0.476 e. The number of aromatic carboxylic acids is 1. The molecule has 1 aromatic heterocycles. The molecule has 9 heteroatoms. The highest BCUT2D eigenvalue weighted by Crippen LogP contribution is 1.91. The molecule has 0 aliphatic carbocycles. The predicted octanol–water partition coefficient (Wildman–Crippen LogP) is -1.28. The molecule has 0 spiro atoms. The molecule has 0 bridgehead atoms. The maximum absolute atomic E-state index is 11.3. The minimum absolute atomic E-state index is 0.0385. The second-order valence-electron chi connectivity index (χ2n) is 4.01. The van der Waals surface area contributed by atoms with Crippen LogP contribution in [0.4, 0.5) is 0 Å². The maximum Gasteiger partial charge on any atom is 0.358 e. The highest BCUT2D eigenvalue weighted by Gasteiger charge is 2.07. The Kier molecular flexibility index (Phi) is 7.22. The summed E-state index contributed by atoms with van der Waals surface area (Å²) in [5, 5.41) is 21.6. The highest BCUT2D eigenvalue weighted by atomic mass is 16.5. The number of methoxy groups -OCH3 is 1. The van der Waals surface area contributed by atoms with Crippen molar-refractivity contribution in [2.75, 3.05) is 33.4 Å². The molecule has 1 amide bonds. The Hall–Kier alpha value is -2.00. The molecular weight excluding hydrogens is 266 g/mol. The monoisotopic (exact) mass is 285 g/mol. The van der Waals surface area contributed by atoms with Crippen molar-refractivity contribution in [1.29, 1.82) is 0 Å². The van der Waals surface area contributed by atoms with Crippen LogP contribution in [0.3, 0.4) is 0 Å². The summed E-state index contributed by atoms with van der Waals surface area (Å²) >= 11 is 0. The summed E-state index contributed by atoms with van der Waals surface area (Å²) in [7, 11) is 1.58. The van der Waals surface area contributed by atoms with Crippen LogP contribution >= 0.6 is 0 Å². The van der Waals surface area contributed by atoms with Crippen LogP contribution in [0.25, 0.3) is 0 Å². The Balaban J connectivity index is 2.06. The summed E-state index contributed by atoms with van der Waals surface area (Å²) in [4.78, 5) is 21.9. The lowest BCUT2D eigenvalue weighted by molar-refractivity contribution is -0.121. The normalized spacial score (nSPS) is 10.4. The third-order valence-corrected chi connectivity index (χ3v) is 2.43. The number of carbonyl (C=O) groups is 2. The topological polar surface area (TPSA) is 118 Å². The molecule has 3 N–H and O–H groups in total. The van der Waals surface area contributed by atoms with Gasteiger partial charge in [-0.2, -0.15) is 0 Å². The average molecular weight is 285 g/mol. The molecule has 112 valence electrons. The van der Waals surface area contributed by atoms with Crippen LogP contribution in [0, 0.1) is 0 Å². The van der Waals surface area contributed by atoms with Crippen molar-refractivity contribution >= 4 is 11.9 Å². The molecule has 0 fully saturated rings. The summed E-state index contributed by atoms with van der Waals surface area (Å²) in [5.74, 6) is -1.14. The van der Waals surface area contributed by atoms with Gasteiger partial charge in [0.1, 0.15) is 0 Å². The number of aromatic nitrogens is 3. The Labute approximate surface area is 116 Å². The van der Waals surface area contributed by atoms with E-state index in [1.54, 1.807) is 7.11 Å². The molecule has 20 heavy (non-hydrogen) atoms. The van der Waals surface area contributed by atoms with E-state index in [4.69, 9.17) is 9.84 Å². The van der Waals surface area contributed by atoms with E-state index in [1.807, 2.05) is 0 Å². The number of hydrogen-bond donors (Lipinski definition) is 3. The Morgan fingerprint density at radius 3 is 2.85 bits per heavy atom. The van der Waals surface area contributed by atoms with Gasteiger partial charge in [0.2, 0.25) is 5.91 Å². The van der Waals surface area contributed by atoms with Gasteiger partial charge in [0.25, 0.3) is 0 Å². The van der Waals surface area contributed by atoms with Crippen LogP contribution in [0.1, 0.15) is 16.9 Å². The van der Waals surface area contributed by atoms with Gasteiger partial charge >= 0.3 is 5.97 Å². The van der Waals surface area contributed by atoms with E-state index >= 15 is 0 Å². The molecule has 0 aliphatic rings. The number of ether oxygens (including phenoxy) is 1. The summed E-state index contributed by atoms with van der Waals surface area (Å²) in [5.41, 5.74) is -0.0810. The van der Waals surface area contributed by atoms with Gasteiger partial charge < -0.3 is 20.5 Å². The Morgan fingerprint density at radius 1 is 1.40 bits per heavy atom. The zero-order valence-electron chi connectivity index (χ0n) is 11.3. The van der Waals surface area contributed by atoms with Crippen molar-refractivity contribution in [3.05, 3.63) is 11.9 Å². The van der Waals surface area contributed by atoms with Crippen molar-refractivity contribution in [1.82, 2.24) is 25.6 Å². The quantitative estimate of drug-likeness (QED) is 0.458. The molecule has 0 unspecified atom stereocenters. The number of carboxylic acid groups (broad SMARTS) is 1. The zero-order chi connectivity index (χ0) is 14.8. The van der Waals surface area contributed by atoms with Gasteiger partial charge in [-0.1, -0.05) is 5.21 Å². The molecule has 0 aliphatic heterocycles. The third-order valence-electron chi connectivity index (χ3n) is 2.43. The van der Waals surface area contributed by atoms with Crippen LogP contribution in [-0.2, 0) is 16.1 Å². The lowest BCUT2D eigenvalue weighted by Gasteiger charge is -2.06. The standard InChI is InChI=1S/C11H19N5O4/c1-20-7-5-13-10(17)2-3-12-4-6-16-8-9(11(18)19)14-15-16/h8,12H,2-7H2,1H3,(H,13,17)(H,18,19). The van der Waals surface area contributed by atoms with E-state index in [1.165, 1.54) is 10.9 Å². The lowest BCUT2D eigenvalue weighted by atomic mass is 10.4. The first kappa shape index (κ1) is 16.1. The second kappa shape index (κ2) is 8.99. The zero-order valence-corrected chi connectivity index (χ0v) is 11.3. The smallest absolute Gasteiger partial charge is 0.358 e. The van der Waals surface area contributed by atoms with Crippen LogP contribution in [0.15, 0.2) is 6.20 Å². The third kappa shape index (κ3) is 6.25. The van der Waals surface area contributed by atoms with E-state index in [-0.39, 0.29) is 11.6 Å². The SMILES string of the molecule is COCCNC(=O)CCNCCn1cc(C(=O)O)nn1. The van der Waals surface area contributed by atoms with Gasteiger partial charge in [0.05, 0.1) is 19.3 Å². The first-order chi connectivity index (χ1) is 9.63. The molecule has 0 atom stereocenters. The van der Waals surface area contributed by atoms with E-state index in [2.05, 4.69) is 20.9 Å². The molecule has 1 rings (SSSR count). The first-order valence-electron chi connectivity index (χ1n) is 6.23. The molecule has 0 saturated carbocycles. The summed E-state index contributed by atoms with van der Waals surface area (Å²) in [6.45, 7) is 2.61. The van der Waals surface area contributed by atoms with Crippen molar-refractivity contribution in [3.8, 4) is 0 Å². The Bertz CT molecular complexity index is 434. The lowest BCUT2D eigenvalue weighted by Crippen LogP contribution is -2.31. The van der Waals surface area contributed by atoms with E-state index in [0.29, 0.717) is 39.2 Å². The number of hydrogen-bond acceptors (Lipinski definition) is 6. The second-order valence-corrected chi connectivity index (χ2v) is 4.01. The van der Waals surface area contributed by atoms with E-state index < -0.39 is 5.97 Å². The molecular formula is C11H19N5O4. The van der Waals surface area contributed by atoms with Crippen molar-refractivity contribution in [3.63, 3.8) is 0 Å². The number of carbonyl (C=O) groups excluding carboxylic acids is 1. The minimum atomic E-state index is -1.10. The number of amides is 1. The fraction of sp³-hybridized carbons (Fsp3) is 0.636. The maximum atomic E-state index is 11.3. The molecule has 1 heterocycles. The van der Waals surface area contributed by atoms with Gasteiger partial charge in [-0.25, -0.2) is 4.79 Å². The molecule has 0 aromatic carbocycles. The molecule has 9 nitrogen and oxygen atoms in total. The number of rotatable bonds is 10. The van der Waals surface area contributed by atoms with Crippen molar-refractivity contribution < 1.29 is 19.4 Å². The first-order valence-corrected chi connectivity index (χ1v) is 6.23. The van der Waals surface area contributed by atoms with Gasteiger partial charge in [-0.15, -0.1) is 5.10 Å². The van der Waals surface area contributed by atoms with Gasteiger partial charge in [-0.05, 0) is 0 Å². The largest absolute Gasteiger partial charge is 0.476 e. The number of carboxylic acids is 1. The predicted molar refractivity (Wildman–Crippen MR) is 69.4 cm³/mol. The number of nitrogens with one attached hydrogen (secondary N) is 2. The Morgan fingerprint density at radius 2 is 2.20 bits per heavy atom. The van der Waals surface area contributed by atoms with E-state index in [9.17, 15) is 9.59 Å². The van der Waals surface area contributed by atoms with Gasteiger partial charge in [0, 0.05) is 33.2 Å². The summed E-state index contributed by atoms with van der Waals surface area (Å²) in [6, 6.07) is 0. The average Bonchev–Trinajstić information content (AvgIpc) is 2.87. The molecule has 0 radical (unpaired) electrons. The molecule has 1 aromatic rings. The van der Waals surface area contributed by atoms with Gasteiger partial charge in [-0.3, -0.25) is 9.48 Å².